The average Bonchev–Trinajstić information content (AvgIpc) is 1.59. The number of Topliss-reactive ketones (excluding diaryl/α,β-unsaturated/α-hetero) is 1. The van der Waals surface area contributed by atoms with E-state index in [0.29, 0.717) is 64.2 Å². The third kappa shape index (κ3) is 29.6. The molecule has 0 radical (unpaired) electrons. The lowest BCUT2D eigenvalue weighted by molar-refractivity contribution is -0.149. The fourth-order valence-electron chi connectivity index (χ4n) is 17.1. The molecule has 16 amide bonds. The molecule has 40 nitrogen and oxygen atoms in total. The molecule has 5 heterocycles. The van der Waals surface area contributed by atoms with Crippen molar-refractivity contribution in [3.63, 3.8) is 0 Å². The van der Waals surface area contributed by atoms with E-state index in [-0.39, 0.29) is 102 Å². The van der Waals surface area contributed by atoms with Gasteiger partial charge in [-0.05, 0) is 111 Å². The molecule has 4 aromatic carbocycles. The van der Waals surface area contributed by atoms with Gasteiger partial charge in [0.25, 0.3) is 0 Å². The number of phenols is 1. The molecule has 3 aliphatic heterocycles. The van der Waals surface area contributed by atoms with E-state index in [1.54, 1.807) is 74.8 Å². The highest BCUT2D eigenvalue weighted by Gasteiger charge is 2.47. The minimum absolute atomic E-state index is 0.00496. The normalized spacial score (nSPS) is 24.8. The Hall–Kier alpha value is -12.9. The molecule has 738 valence electrons. The molecule has 3 fully saturated rings. The highest BCUT2D eigenvalue weighted by molar-refractivity contribution is 8.00. The number of aromatic hydroxyl groups is 1. The van der Waals surface area contributed by atoms with Crippen LogP contribution in [0.4, 0.5) is 0 Å². The Kier molecular flexibility index (Phi) is 40.6. The summed E-state index contributed by atoms with van der Waals surface area (Å²) in [6.07, 6.45) is 1.72. The topological polar surface area (TPSA) is 594 Å². The SMILES string of the molecule is CCCC[C@H]1C(=O)N(C)[C@@H](CCCC)C(=O)N[C@@H](CCCO)C(=O)N[C@H](C(=O)NCC(N)=O)CSCC(=O)N[C@@H](Cc2ccc(O)cc2)C(=O)N(C)[C@@H](C)C(=O)N[C@@H](CC(N)=O)C(=O)N2CCC[C@H]2C(=O)N[C@@H](CN)C(=O)N[C@@H](CC(C)C)C(=O)N2C[C@H](OCc3ccccc3)C[C@H]2C(=O)C[C@@H](Cc2c[nH]c3ccccc23)C(=O)N[C@@H](CO)C(=O)N[C@@H](Cc2c[nH]c3ccccc23)C(=O)N1C. The molecule has 2 aromatic heterocycles. The van der Waals surface area contributed by atoms with Crippen molar-refractivity contribution in [2.45, 2.75) is 235 Å². The summed E-state index contributed by atoms with van der Waals surface area (Å²) >= 11 is 0.765. The second-order valence-electron chi connectivity index (χ2n) is 35.4. The number of aromatic nitrogens is 2. The Labute approximate surface area is 793 Å². The van der Waals surface area contributed by atoms with Crippen molar-refractivity contribution >= 4 is 134 Å². The number of fused-ring (bicyclic) bond motifs is 4. The van der Waals surface area contributed by atoms with Crippen molar-refractivity contribution in [3.05, 3.63) is 138 Å². The van der Waals surface area contributed by atoms with Crippen LogP contribution >= 0.6 is 11.8 Å². The number of nitrogens with one attached hydrogen (secondary N) is 11. The summed E-state index contributed by atoms with van der Waals surface area (Å²) in [5, 5.41) is 56.7. The van der Waals surface area contributed by atoms with Crippen molar-refractivity contribution in [2.24, 2.45) is 29.0 Å². The summed E-state index contributed by atoms with van der Waals surface area (Å²) in [6, 6.07) is 9.16. The fourth-order valence-corrected chi connectivity index (χ4v) is 18.0. The van der Waals surface area contributed by atoms with E-state index >= 15 is 33.6 Å². The molecule has 136 heavy (non-hydrogen) atoms. The Morgan fingerprint density at radius 1 is 0.544 bits per heavy atom. The Balaban J connectivity index is 1.10. The van der Waals surface area contributed by atoms with Gasteiger partial charge in [0.05, 0.1) is 44.1 Å². The van der Waals surface area contributed by atoms with Crippen molar-refractivity contribution in [1.82, 2.24) is 82.3 Å². The molecule has 0 saturated carbocycles. The number of rotatable bonds is 27. The number of hydrogen-bond acceptors (Lipinski definition) is 23. The van der Waals surface area contributed by atoms with Gasteiger partial charge in [0.1, 0.15) is 78.3 Å². The van der Waals surface area contributed by atoms with Crippen LogP contribution in [0.15, 0.2) is 116 Å². The second-order valence-corrected chi connectivity index (χ2v) is 36.4. The van der Waals surface area contributed by atoms with E-state index in [2.05, 4.69) is 57.8 Å². The van der Waals surface area contributed by atoms with E-state index in [4.69, 9.17) is 21.9 Å². The minimum atomic E-state index is -1.84. The molecule has 9 rings (SSSR count). The molecular formula is C95H131N19O21S. The van der Waals surface area contributed by atoms with Crippen LogP contribution in [0.25, 0.3) is 21.8 Å². The van der Waals surface area contributed by atoms with Crippen LogP contribution in [0.5, 0.6) is 5.75 Å². The lowest BCUT2D eigenvalue weighted by Gasteiger charge is -2.36. The van der Waals surface area contributed by atoms with Gasteiger partial charge < -0.3 is 120 Å². The molecule has 15 atom stereocenters. The number of aromatic amines is 2. The third-order valence-electron chi connectivity index (χ3n) is 24.9. The first-order valence-electron chi connectivity index (χ1n) is 46.2. The first-order chi connectivity index (χ1) is 65.0. The van der Waals surface area contributed by atoms with Crippen LogP contribution < -0.4 is 65.1 Å². The van der Waals surface area contributed by atoms with Crippen LogP contribution in [-0.4, -0.2) is 307 Å². The summed E-state index contributed by atoms with van der Waals surface area (Å²) < 4.78 is 6.47. The van der Waals surface area contributed by atoms with E-state index in [1.807, 2.05) is 44.2 Å². The molecule has 6 aromatic rings. The number of aliphatic hydroxyl groups is 2. The fraction of sp³-hybridized carbons (Fsp3) is 0.526. The van der Waals surface area contributed by atoms with Crippen molar-refractivity contribution < 1.29 is 102 Å². The van der Waals surface area contributed by atoms with Gasteiger partial charge in [0, 0.05) is 119 Å². The van der Waals surface area contributed by atoms with Gasteiger partial charge in [-0.2, -0.15) is 0 Å². The van der Waals surface area contributed by atoms with Gasteiger partial charge in [-0.25, -0.2) is 0 Å². The number of primary amides is 2. The molecule has 0 bridgehead atoms. The number of unbranched alkanes of at least 4 members (excludes halogenated alkanes) is 2. The zero-order valence-electron chi connectivity index (χ0n) is 78.2. The molecule has 0 spiro atoms. The lowest BCUT2D eigenvalue weighted by atomic mass is 9.90. The highest BCUT2D eigenvalue weighted by atomic mass is 32.2. The van der Waals surface area contributed by atoms with Gasteiger partial charge in [0.15, 0.2) is 5.78 Å². The molecular weight excluding hydrogens is 1780 g/mol. The number of para-hydroxylation sites is 2. The van der Waals surface area contributed by atoms with Gasteiger partial charge in [0.2, 0.25) is 94.5 Å². The number of likely N-dealkylation sites (N-methyl/N-ethyl adjacent to an activating group) is 3. The zero-order chi connectivity index (χ0) is 99.1. The number of phenolic OH excluding ortho intramolecular Hbond substituents is 1. The quantitative estimate of drug-likeness (QED) is 0.0320. The third-order valence-corrected chi connectivity index (χ3v) is 25.9. The molecule has 41 heteroatoms. The van der Waals surface area contributed by atoms with Crippen LogP contribution in [-0.2, 0) is 112 Å². The van der Waals surface area contributed by atoms with E-state index < -0.39 is 242 Å². The number of carbonyl (C=O) groups excluding carboxylic acids is 17. The first kappa shape index (κ1) is 107. The average molecular weight is 1910 g/mol. The van der Waals surface area contributed by atoms with Crippen molar-refractivity contribution in [1.29, 1.82) is 0 Å². The van der Waals surface area contributed by atoms with E-state index in [0.717, 1.165) is 36.9 Å². The van der Waals surface area contributed by atoms with Crippen LogP contribution in [0.1, 0.15) is 147 Å². The Bertz CT molecular complexity index is 5190. The number of thioether (sulfide) groups is 1. The van der Waals surface area contributed by atoms with Crippen LogP contribution in [0.3, 0.4) is 0 Å². The number of amides is 16. The standard InChI is InChI=1S/C95H131N19O21S/c1-9-11-29-75-89(128)103-67(28-21-37-115)86(125)109-74(85(124)101-48-81(98)120)52-136-53-82(121)102-69(39-56-32-34-61(117)35-33-56)91(130)110(6)55(5)83(122)104-71(44-80(97)119)93(132)113-36-20-31-76(113)90(129)107-72(45-96)87(126)105-68(38-54(3)4)94(133)114-49-62(135-51-57-22-14-13-15-23-57)43-78(114)79(118)42-58(40-59-46-99-65-26-18-16-24-63(59)65)84(123)108-73(50-116)88(127)106-70(41-60-47-100-66-27-19-17-25-64(60)66)92(131)112(8)77(30-12-10-2)95(134)111(75)7/h13-19,22-27,32-35,46-47,54-55,58,62,67-78,99-100,115-117H,9-12,20-21,28-31,36-45,48-53,96H2,1-8H3,(H2,97,119)(H2,98,120)(H,101,124)(H,102,121)(H,103,128)(H,104,122)(H,105,126)(H,106,127)(H,107,129)(H,108,123)(H,109,125)/t55-,58+,62+,67-,68-,69-,70-,71-,72-,73-,74-,75-,76-,77-,78-/m0/s1. The maximum Gasteiger partial charge on any atom is 0.246 e. The molecule has 0 aliphatic carbocycles. The highest BCUT2D eigenvalue weighted by Crippen LogP contribution is 2.31. The number of nitrogens with two attached hydrogens (primary N) is 3. The first-order valence-corrected chi connectivity index (χ1v) is 47.4. The van der Waals surface area contributed by atoms with Gasteiger partial charge in [-0.3, -0.25) is 81.5 Å². The zero-order valence-corrected chi connectivity index (χ0v) is 79.0. The molecule has 3 aliphatic rings. The molecule has 3 saturated heterocycles. The number of carbonyl (C=O) groups is 17. The number of ether oxygens (including phenoxy) is 1. The summed E-state index contributed by atoms with van der Waals surface area (Å²) in [5.41, 5.74) is 21.0. The second kappa shape index (κ2) is 51.7. The monoisotopic (exact) mass is 1910 g/mol. The number of benzene rings is 4. The van der Waals surface area contributed by atoms with Crippen LogP contribution in [0.2, 0.25) is 0 Å². The molecule has 20 N–H and O–H groups in total. The van der Waals surface area contributed by atoms with Crippen LogP contribution in [0, 0.1) is 11.8 Å². The predicted octanol–water partition coefficient (Wildman–Crippen LogP) is -0.112. The van der Waals surface area contributed by atoms with Crippen molar-refractivity contribution in [2.75, 3.05) is 72.0 Å². The minimum Gasteiger partial charge on any atom is -0.508 e. The maximum atomic E-state index is 15.8. The Morgan fingerprint density at radius 3 is 1.72 bits per heavy atom. The number of ketones is 1. The lowest BCUT2D eigenvalue weighted by Crippen LogP contribution is -2.61. The molecule has 0 unspecified atom stereocenters. The van der Waals surface area contributed by atoms with E-state index in [9.17, 15) is 63.3 Å². The number of aliphatic hydroxyl groups excluding tert-OH is 2. The predicted molar refractivity (Wildman–Crippen MR) is 504 cm³/mol. The summed E-state index contributed by atoms with van der Waals surface area (Å²) in [5.74, 6) is -18.2. The Morgan fingerprint density at radius 2 is 1.10 bits per heavy atom. The van der Waals surface area contributed by atoms with Gasteiger partial charge in [-0.1, -0.05) is 132 Å². The number of hydrogen-bond donors (Lipinski definition) is 17. The van der Waals surface area contributed by atoms with Crippen molar-refractivity contribution in [3.8, 4) is 5.75 Å². The summed E-state index contributed by atoms with van der Waals surface area (Å²) in [7, 11) is 3.93. The number of H-pyrrole nitrogens is 2. The van der Waals surface area contributed by atoms with E-state index in [1.165, 1.54) is 57.2 Å². The van der Waals surface area contributed by atoms with Gasteiger partial charge in [-0.15, -0.1) is 11.8 Å². The number of nitrogens with zero attached hydrogens (tertiary/aromatic N) is 5. The maximum absolute atomic E-state index is 15.8. The summed E-state index contributed by atoms with van der Waals surface area (Å²) in [4.78, 5) is 263. The summed E-state index contributed by atoms with van der Waals surface area (Å²) in [6.45, 7) is 5.42. The largest absolute Gasteiger partial charge is 0.508 e. The smallest absolute Gasteiger partial charge is 0.246 e. The van der Waals surface area contributed by atoms with Gasteiger partial charge >= 0.3 is 0 Å².